The maximum atomic E-state index is 12.3. The number of rotatable bonds is 6. The number of nitrogens with zero attached hydrogens (tertiary/aromatic N) is 3. The number of hydrogen-bond acceptors (Lipinski definition) is 3. The smallest absolute Gasteiger partial charge is 0.234 e. The third-order valence-electron chi connectivity index (χ3n) is 5.21. The van der Waals surface area contributed by atoms with Crippen LogP contribution >= 0.6 is 0 Å². The summed E-state index contributed by atoms with van der Waals surface area (Å²) < 4.78 is 1.90. The van der Waals surface area contributed by atoms with Crippen molar-refractivity contribution < 1.29 is 4.79 Å². The Labute approximate surface area is 171 Å². The summed E-state index contributed by atoms with van der Waals surface area (Å²) in [7, 11) is 0. The first kappa shape index (κ1) is 19.2. The average Bonchev–Trinajstić information content (AvgIpc) is 3.24. The number of hydrogen-bond donors (Lipinski definition) is 1. The lowest BCUT2D eigenvalue weighted by atomic mass is 10.0. The molecule has 5 heteroatoms. The molecule has 2 aromatic carbocycles. The van der Waals surface area contributed by atoms with Gasteiger partial charge in [-0.3, -0.25) is 9.69 Å². The number of aromatic nitrogens is 2. The second-order valence-electron chi connectivity index (χ2n) is 7.49. The molecule has 0 aliphatic carbocycles. The summed E-state index contributed by atoms with van der Waals surface area (Å²) in [5, 5.41) is 7.51. The first-order valence-electron chi connectivity index (χ1n) is 10.0. The van der Waals surface area contributed by atoms with Crippen molar-refractivity contribution in [1.82, 2.24) is 20.0 Å². The monoisotopic (exact) mass is 386 g/mol. The third kappa shape index (κ3) is 5.00. The van der Waals surface area contributed by atoms with Crippen LogP contribution in [0.15, 0.2) is 73.1 Å². The Balaban J connectivity index is 1.29. The van der Waals surface area contributed by atoms with Crippen molar-refractivity contribution in [3.05, 3.63) is 89.8 Å². The number of aryl methyl sites for hydroxylation is 1. The molecule has 4 rings (SSSR count). The molecule has 0 unspecified atom stereocenters. The lowest BCUT2D eigenvalue weighted by Gasteiger charge is -2.25. The lowest BCUT2D eigenvalue weighted by molar-refractivity contribution is -0.122. The fourth-order valence-corrected chi connectivity index (χ4v) is 3.61. The van der Waals surface area contributed by atoms with Gasteiger partial charge in [-0.2, -0.15) is 5.10 Å². The van der Waals surface area contributed by atoms with Gasteiger partial charge >= 0.3 is 0 Å². The fraction of sp³-hybridized carbons (Fsp3) is 0.250. The van der Waals surface area contributed by atoms with Gasteiger partial charge in [-0.15, -0.1) is 0 Å². The Morgan fingerprint density at radius 2 is 2.00 bits per heavy atom. The number of carbonyl (C=O) groups is 1. The van der Waals surface area contributed by atoms with E-state index in [1.54, 1.807) is 0 Å². The highest BCUT2D eigenvalue weighted by atomic mass is 16.2. The van der Waals surface area contributed by atoms with E-state index in [1.165, 1.54) is 11.1 Å². The molecule has 1 N–H and O–H groups in total. The Kier molecular flexibility index (Phi) is 5.86. The maximum Gasteiger partial charge on any atom is 0.234 e. The zero-order chi connectivity index (χ0) is 20.1. The molecule has 0 fully saturated rings. The molecule has 3 aromatic rings. The summed E-state index contributed by atoms with van der Waals surface area (Å²) in [5.74, 6) is 0.0697. The molecular formula is C24H26N4O. The molecule has 0 spiro atoms. The van der Waals surface area contributed by atoms with Crippen LogP contribution in [0.4, 0.5) is 0 Å². The highest BCUT2D eigenvalue weighted by Gasteiger charge is 2.16. The van der Waals surface area contributed by atoms with E-state index in [2.05, 4.69) is 46.6 Å². The van der Waals surface area contributed by atoms with Crippen molar-refractivity contribution in [3.63, 3.8) is 0 Å². The summed E-state index contributed by atoms with van der Waals surface area (Å²) >= 11 is 0. The van der Waals surface area contributed by atoms with Crippen LogP contribution in [0.3, 0.4) is 0 Å². The van der Waals surface area contributed by atoms with Gasteiger partial charge < -0.3 is 5.32 Å². The zero-order valence-electron chi connectivity index (χ0n) is 16.7. The Bertz CT molecular complexity index is 1010. The van der Waals surface area contributed by atoms with E-state index < -0.39 is 0 Å². The molecule has 0 atom stereocenters. The fourth-order valence-electron chi connectivity index (χ4n) is 3.61. The van der Waals surface area contributed by atoms with Crippen molar-refractivity contribution >= 4 is 11.5 Å². The van der Waals surface area contributed by atoms with Gasteiger partial charge in [-0.05, 0) is 36.6 Å². The quantitative estimate of drug-likeness (QED) is 0.704. The SMILES string of the molecule is Cc1cccc(CNC(=O)CN2CC=C(c3cnn(-c4ccccc4)c3)CC2)c1. The topological polar surface area (TPSA) is 50.2 Å². The van der Waals surface area contributed by atoms with Crippen LogP contribution in [-0.2, 0) is 11.3 Å². The molecule has 5 nitrogen and oxygen atoms in total. The van der Waals surface area contributed by atoms with Gasteiger partial charge in [0.05, 0.1) is 18.4 Å². The van der Waals surface area contributed by atoms with Crippen molar-refractivity contribution in [2.24, 2.45) is 0 Å². The molecule has 148 valence electrons. The average molecular weight is 386 g/mol. The van der Waals surface area contributed by atoms with Gasteiger partial charge in [-0.25, -0.2) is 4.68 Å². The summed E-state index contributed by atoms with van der Waals surface area (Å²) in [6, 6.07) is 18.3. The predicted molar refractivity (Wildman–Crippen MR) is 116 cm³/mol. The number of benzene rings is 2. The molecule has 1 aliphatic rings. The van der Waals surface area contributed by atoms with Gasteiger partial charge in [0.1, 0.15) is 0 Å². The largest absolute Gasteiger partial charge is 0.351 e. The molecular weight excluding hydrogens is 360 g/mol. The lowest BCUT2D eigenvalue weighted by Crippen LogP contribution is -2.39. The van der Waals surface area contributed by atoms with E-state index >= 15 is 0 Å². The second-order valence-corrected chi connectivity index (χ2v) is 7.49. The number of para-hydroxylation sites is 1. The van der Waals surface area contributed by atoms with Crippen molar-refractivity contribution in [2.45, 2.75) is 19.9 Å². The Morgan fingerprint density at radius 3 is 2.76 bits per heavy atom. The Morgan fingerprint density at radius 1 is 1.14 bits per heavy atom. The van der Waals surface area contributed by atoms with Gasteiger partial charge in [0.15, 0.2) is 0 Å². The first-order chi connectivity index (χ1) is 14.2. The molecule has 1 aromatic heterocycles. The van der Waals surface area contributed by atoms with Crippen LogP contribution in [0.5, 0.6) is 0 Å². The van der Waals surface area contributed by atoms with Gasteiger partial charge in [0, 0.05) is 31.4 Å². The van der Waals surface area contributed by atoms with Gasteiger partial charge in [0.2, 0.25) is 5.91 Å². The summed E-state index contributed by atoms with van der Waals surface area (Å²) in [5.41, 5.74) is 5.85. The molecule has 1 amide bonds. The molecule has 1 aliphatic heterocycles. The van der Waals surface area contributed by atoms with Crippen molar-refractivity contribution in [1.29, 1.82) is 0 Å². The van der Waals surface area contributed by atoms with Crippen LogP contribution in [-0.4, -0.2) is 40.2 Å². The minimum absolute atomic E-state index is 0.0697. The van der Waals surface area contributed by atoms with Gasteiger partial charge in [-0.1, -0.05) is 54.1 Å². The standard InChI is InChI=1S/C24H26N4O/c1-19-6-5-7-20(14-19)15-25-24(29)18-27-12-10-21(11-13-27)22-16-26-28(17-22)23-8-3-2-4-9-23/h2-10,14,16-17H,11-13,15,18H2,1H3,(H,25,29). The molecule has 0 bridgehead atoms. The second kappa shape index (κ2) is 8.88. The van der Waals surface area contributed by atoms with Gasteiger partial charge in [0.25, 0.3) is 0 Å². The highest BCUT2D eigenvalue weighted by Crippen LogP contribution is 2.22. The molecule has 29 heavy (non-hydrogen) atoms. The van der Waals surface area contributed by atoms with Crippen LogP contribution in [0.1, 0.15) is 23.1 Å². The van der Waals surface area contributed by atoms with E-state index in [9.17, 15) is 4.79 Å². The van der Waals surface area contributed by atoms with Crippen molar-refractivity contribution in [3.8, 4) is 5.69 Å². The van der Waals surface area contributed by atoms with E-state index in [0.717, 1.165) is 36.3 Å². The van der Waals surface area contributed by atoms with Crippen LogP contribution in [0, 0.1) is 6.92 Å². The molecule has 2 heterocycles. The van der Waals surface area contributed by atoms with E-state index in [4.69, 9.17) is 0 Å². The number of amides is 1. The third-order valence-corrected chi connectivity index (χ3v) is 5.21. The minimum atomic E-state index is 0.0697. The first-order valence-corrected chi connectivity index (χ1v) is 10.0. The van der Waals surface area contributed by atoms with E-state index in [1.807, 2.05) is 53.3 Å². The molecule has 0 saturated heterocycles. The van der Waals surface area contributed by atoms with Crippen LogP contribution in [0.25, 0.3) is 11.3 Å². The van der Waals surface area contributed by atoms with E-state index in [0.29, 0.717) is 13.1 Å². The summed E-state index contributed by atoms with van der Waals surface area (Å²) in [4.78, 5) is 14.5. The van der Waals surface area contributed by atoms with E-state index in [-0.39, 0.29) is 5.91 Å². The predicted octanol–water partition coefficient (Wildman–Crippen LogP) is 3.59. The number of carbonyl (C=O) groups excluding carboxylic acids is 1. The number of nitrogens with one attached hydrogen (secondary N) is 1. The molecule has 0 radical (unpaired) electrons. The Hall–Kier alpha value is -3.18. The normalized spacial score (nSPS) is 14.4. The zero-order valence-corrected chi connectivity index (χ0v) is 16.7. The summed E-state index contributed by atoms with van der Waals surface area (Å²) in [6.45, 7) is 4.73. The van der Waals surface area contributed by atoms with Crippen molar-refractivity contribution in [2.75, 3.05) is 19.6 Å². The minimum Gasteiger partial charge on any atom is -0.351 e. The van der Waals surface area contributed by atoms with Crippen LogP contribution in [0.2, 0.25) is 0 Å². The van der Waals surface area contributed by atoms with Crippen LogP contribution < -0.4 is 5.32 Å². The molecule has 0 saturated carbocycles. The maximum absolute atomic E-state index is 12.3. The highest BCUT2D eigenvalue weighted by molar-refractivity contribution is 5.78. The summed E-state index contributed by atoms with van der Waals surface area (Å²) in [6.07, 6.45) is 7.13.